The molecule has 4 rings (SSSR count). The van der Waals surface area contributed by atoms with Crippen LogP contribution in [-0.2, 0) is 6.42 Å². The molecule has 0 amide bonds. The molecule has 2 aromatic heterocycles. The van der Waals surface area contributed by atoms with Crippen LogP contribution in [0.5, 0.6) is 0 Å². The highest BCUT2D eigenvalue weighted by Gasteiger charge is 2.15. The Bertz CT molecular complexity index is 921. The number of hydrogen-bond acceptors (Lipinski definition) is 2. The summed E-state index contributed by atoms with van der Waals surface area (Å²) in [6, 6.07) is 16.4. The molecule has 4 heteroatoms. The number of para-hydroxylation sites is 1. The van der Waals surface area contributed by atoms with Crippen molar-refractivity contribution in [2.45, 2.75) is 12.5 Å². The molecular weight excluding hydrogens is 284 g/mol. The van der Waals surface area contributed by atoms with E-state index in [1.165, 1.54) is 10.9 Å². The van der Waals surface area contributed by atoms with E-state index in [0.29, 0.717) is 0 Å². The van der Waals surface area contributed by atoms with Gasteiger partial charge in [-0.3, -0.25) is 0 Å². The van der Waals surface area contributed by atoms with Crippen molar-refractivity contribution in [2.24, 2.45) is 5.73 Å². The van der Waals surface area contributed by atoms with Crippen LogP contribution < -0.4 is 5.73 Å². The van der Waals surface area contributed by atoms with Gasteiger partial charge in [-0.25, -0.2) is 4.98 Å². The SMILES string of the molecule is N[C@H](Cc1c[nH]c2ccccc12)c1ccccc1-c1ncc[nH]1. The molecule has 0 saturated carbocycles. The minimum atomic E-state index is -0.0875. The van der Waals surface area contributed by atoms with Gasteiger partial charge in [0.05, 0.1) is 0 Å². The summed E-state index contributed by atoms with van der Waals surface area (Å²) < 4.78 is 0. The first-order chi connectivity index (χ1) is 11.3. The monoisotopic (exact) mass is 302 g/mol. The molecule has 0 unspecified atom stereocenters. The smallest absolute Gasteiger partial charge is 0.137 e. The molecule has 0 radical (unpaired) electrons. The van der Waals surface area contributed by atoms with Crippen molar-refractivity contribution < 1.29 is 0 Å². The minimum Gasteiger partial charge on any atom is -0.361 e. The first-order valence-corrected chi connectivity index (χ1v) is 7.72. The van der Waals surface area contributed by atoms with Gasteiger partial charge >= 0.3 is 0 Å². The lowest BCUT2D eigenvalue weighted by atomic mass is 9.95. The standard InChI is InChI=1S/C19H18N4/c20-17(11-13-12-23-18-8-4-3-5-14(13)18)15-6-1-2-7-16(15)19-21-9-10-22-19/h1-10,12,17,23H,11,20H2,(H,21,22)/t17-/m1/s1. The fourth-order valence-corrected chi connectivity index (χ4v) is 3.10. The molecular formula is C19H18N4. The molecule has 4 aromatic rings. The third kappa shape index (κ3) is 2.53. The highest BCUT2D eigenvalue weighted by Crippen LogP contribution is 2.28. The maximum atomic E-state index is 6.53. The normalized spacial score (nSPS) is 12.6. The van der Waals surface area contributed by atoms with Gasteiger partial charge < -0.3 is 15.7 Å². The summed E-state index contributed by atoms with van der Waals surface area (Å²) in [6.45, 7) is 0. The topological polar surface area (TPSA) is 70.5 Å². The van der Waals surface area contributed by atoms with Gasteiger partial charge in [-0.1, -0.05) is 42.5 Å². The molecule has 0 saturated heterocycles. The molecule has 0 fully saturated rings. The van der Waals surface area contributed by atoms with E-state index in [9.17, 15) is 0 Å². The number of nitrogens with two attached hydrogens (primary N) is 1. The Morgan fingerprint density at radius 1 is 1.00 bits per heavy atom. The lowest BCUT2D eigenvalue weighted by Gasteiger charge is -2.15. The van der Waals surface area contributed by atoms with Crippen LogP contribution in [0.1, 0.15) is 17.2 Å². The van der Waals surface area contributed by atoms with Gasteiger partial charge in [0.1, 0.15) is 5.82 Å². The summed E-state index contributed by atoms with van der Waals surface area (Å²) in [5.74, 6) is 0.856. The highest BCUT2D eigenvalue weighted by atomic mass is 14.9. The number of aromatic amines is 2. The summed E-state index contributed by atoms with van der Waals surface area (Å²) in [5, 5.41) is 1.23. The van der Waals surface area contributed by atoms with Crippen molar-refractivity contribution in [3.8, 4) is 11.4 Å². The van der Waals surface area contributed by atoms with Gasteiger partial charge in [0.15, 0.2) is 0 Å². The molecule has 1 atom stereocenters. The van der Waals surface area contributed by atoms with Crippen LogP contribution in [0.15, 0.2) is 67.1 Å². The predicted octanol–water partition coefficient (Wildman–Crippen LogP) is 3.80. The van der Waals surface area contributed by atoms with Gasteiger partial charge in [0.2, 0.25) is 0 Å². The molecule has 0 aliphatic rings. The minimum absolute atomic E-state index is 0.0875. The molecule has 0 spiro atoms. The van der Waals surface area contributed by atoms with E-state index >= 15 is 0 Å². The van der Waals surface area contributed by atoms with E-state index in [1.54, 1.807) is 6.20 Å². The Morgan fingerprint density at radius 3 is 2.70 bits per heavy atom. The fourth-order valence-electron chi connectivity index (χ4n) is 3.10. The van der Waals surface area contributed by atoms with Gasteiger partial charge in [-0.15, -0.1) is 0 Å². The molecule has 0 aliphatic heterocycles. The Morgan fingerprint density at radius 2 is 1.83 bits per heavy atom. The zero-order valence-corrected chi connectivity index (χ0v) is 12.7. The Balaban J connectivity index is 1.69. The second kappa shape index (κ2) is 5.74. The van der Waals surface area contributed by atoms with E-state index in [0.717, 1.165) is 28.9 Å². The van der Waals surface area contributed by atoms with Crippen molar-refractivity contribution in [3.05, 3.63) is 78.2 Å². The van der Waals surface area contributed by atoms with E-state index in [2.05, 4.69) is 51.5 Å². The maximum absolute atomic E-state index is 6.53. The summed E-state index contributed by atoms with van der Waals surface area (Å²) >= 11 is 0. The summed E-state index contributed by atoms with van der Waals surface area (Å²) in [6.07, 6.45) is 6.43. The van der Waals surface area contributed by atoms with E-state index in [4.69, 9.17) is 5.73 Å². The van der Waals surface area contributed by atoms with Crippen LogP contribution in [0.3, 0.4) is 0 Å². The van der Waals surface area contributed by atoms with Gasteiger partial charge in [0, 0.05) is 41.1 Å². The van der Waals surface area contributed by atoms with Crippen LogP contribution in [0.4, 0.5) is 0 Å². The Kier molecular flexibility index (Phi) is 3.44. The fraction of sp³-hybridized carbons (Fsp3) is 0.105. The second-order valence-electron chi connectivity index (χ2n) is 5.70. The third-order valence-corrected chi connectivity index (χ3v) is 4.23. The average Bonchev–Trinajstić information content (AvgIpc) is 3.25. The van der Waals surface area contributed by atoms with E-state index in [1.807, 2.05) is 24.4 Å². The van der Waals surface area contributed by atoms with Crippen molar-refractivity contribution in [3.63, 3.8) is 0 Å². The third-order valence-electron chi connectivity index (χ3n) is 4.23. The number of benzene rings is 2. The summed E-state index contributed by atoms with van der Waals surface area (Å²) in [5.41, 5.74) is 11.1. The average molecular weight is 302 g/mol. The number of hydrogen-bond donors (Lipinski definition) is 3. The molecule has 4 nitrogen and oxygen atoms in total. The van der Waals surface area contributed by atoms with E-state index in [-0.39, 0.29) is 6.04 Å². The molecule has 2 aromatic carbocycles. The van der Waals surface area contributed by atoms with Crippen LogP contribution in [0.25, 0.3) is 22.3 Å². The Labute approximate surface area is 134 Å². The highest BCUT2D eigenvalue weighted by molar-refractivity contribution is 5.83. The number of rotatable bonds is 4. The van der Waals surface area contributed by atoms with Crippen LogP contribution in [0, 0.1) is 0 Å². The second-order valence-corrected chi connectivity index (χ2v) is 5.70. The number of nitrogens with one attached hydrogen (secondary N) is 2. The first-order valence-electron chi connectivity index (χ1n) is 7.72. The van der Waals surface area contributed by atoms with Crippen LogP contribution in [0.2, 0.25) is 0 Å². The first kappa shape index (κ1) is 13.8. The molecule has 23 heavy (non-hydrogen) atoms. The van der Waals surface area contributed by atoms with Crippen molar-refractivity contribution in [1.29, 1.82) is 0 Å². The number of imidazole rings is 1. The maximum Gasteiger partial charge on any atom is 0.137 e. The summed E-state index contributed by atoms with van der Waals surface area (Å²) in [7, 11) is 0. The van der Waals surface area contributed by atoms with Crippen molar-refractivity contribution in [1.82, 2.24) is 15.0 Å². The quantitative estimate of drug-likeness (QED) is 0.536. The Hall–Kier alpha value is -2.85. The van der Waals surface area contributed by atoms with E-state index < -0.39 is 0 Å². The number of H-pyrrole nitrogens is 2. The van der Waals surface area contributed by atoms with Crippen molar-refractivity contribution >= 4 is 10.9 Å². The summed E-state index contributed by atoms with van der Waals surface area (Å²) in [4.78, 5) is 10.8. The molecule has 0 bridgehead atoms. The van der Waals surface area contributed by atoms with Gasteiger partial charge in [-0.05, 0) is 23.6 Å². The van der Waals surface area contributed by atoms with Crippen LogP contribution in [-0.4, -0.2) is 15.0 Å². The number of aromatic nitrogens is 3. The zero-order valence-electron chi connectivity index (χ0n) is 12.7. The molecule has 4 N–H and O–H groups in total. The zero-order chi connectivity index (χ0) is 15.6. The lowest BCUT2D eigenvalue weighted by molar-refractivity contribution is 0.726. The predicted molar refractivity (Wildman–Crippen MR) is 93.0 cm³/mol. The molecule has 0 aliphatic carbocycles. The van der Waals surface area contributed by atoms with Gasteiger partial charge in [0.25, 0.3) is 0 Å². The largest absolute Gasteiger partial charge is 0.361 e. The van der Waals surface area contributed by atoms with Gasteiger partial charge in [-0.2, -0.15) is 0 Å². The van der Waals surface area contributed by atoms with Crippen LogP contribution >= 0.6 is 0 Å². The van der Waals surface area contributed by atoms with Crippen molar-refractivity contribution in [2.75, 3.05) is 0 Å². The lowest BCUT2D eigenvalue weighted by Crippen LogP contribution is -2.14. The number of nitrogens with zero attached hydrogens (tertiary/aromatic N) is 1. The number of fused-ring (bicyclic) bond motifs is 1. The molecule has 2 heterocycles. The molecule has 114 valence electrons.